The molecule has 0 aromatic rings. The van der Waals surface area contributed by atoms with Gasteiger partial charge in [0.1, 0.15) is 0 Å². The van der Waals surface area contributed by atoms with Gasteiger partial charge in [-0.3, -0.25) is 4.90 Å². The molecule has 3 heteroatoms. The molecule has 2 nitrogen and oxygen atoms in total. The van der Waals surface area contributed by atoms with E-state index in [9.17, 15) is 0 Å². The average molecular weight is 228 g/mol. The van der Waals surface area contributed by atoms with Crippen LogP contribution >= 0.6 is 11.8 Å². The van der Waals surface area contributed by atoms with E-state index in [4.69, 9.17) is 0 Å². The van der Waals surface area contributed by atoms with Crippen LogP contribution in [0.3, 0.4) is 0 Å². The summed E-state index contributed by atoms with van der Waals surface area (Å²) in [6, 6.07) is 1.62. The van der Waals surface area contributed by atoms with Crippen LogP contribution in [0.25, 0.3) is 0 Å². The van der Waals surface area contributed by atoms with Crippen LogP contribution in [0.2, 0.25) is 0 Å². The molecule has 2 rings (SSSR count). The normalized spacial score (nSPS) is 33.4. The van der Waals surface area contributed by atoms with Crippen molar-refractivity contribution in [1.29, 1.82) is 0 Å². The van der Waals surface area contributed by atoms with Crippen molar-refractivity contribution in [3.63, 3.8) is 0 Å². The third kappa shape index (κ3) is 3.65. The van der Waals surface area contributed by atoms with Gasteiger partial charge in [-0.25, -0.2) is 0 Å². The Bertz CT molecular complexity index is 180. The van der Waals surface area contributed by atoms with Crippen LogP contribution in [0.15, 0.2) is 0 Å². The first kappa shape index (κ1) is 11.7. The van der Waals surface area contributed by atoms with Crippen LogP contribution in [0.4, 0.5) is 0 Å². The van der Waals surface area contributed by atoms with E-state index in [1.807, 2.05) is 0 Å². The minimum atomic E-state index is 0.801. The van der Waals surface area contributed by atoms with E-state index in [2.05, 4.69) is 28.9 Å². The summed E-state index contributed by atoms with van der Waals surface area (Å²) in [5, 5.41) is 3.69. The molecule has 15 heavy (non-hydrogen) atoms. The molecule has 2 unspecified atom stereocenters. The number of piperidine rings is 1. The van der Waals surface area contributed by atoms with Crippen LogP contribution in [0.5, 0.6) is 0 Å². The van der Waals surface area contributed by atoms with Crippen molar-refractivity contribution >= 4 is 11.8 Å². The summed E-state index contributed by atoms with van der Waals surface area (Å²) in [5.41, 5.74) is 0. The van der Waals surface area contributed by atoms with E-state index >= 15 is 0 Å². The van der Waals surface area contributed by atoms with Crippen molar-refractivity contribution in [3.05, 3.63) is 0 Å². The highest BCUT2D eigenvalue weighted by Crippen LogP contribution is 2.17. The zero-order chi connectivity index (χ0) is 10.5. The Hall–Kier alpha value is 0.270. The fourth-order valence-corrected chi connectivity index (χ4v) is 3.78. The number of rotatable bonds is 4. The van der Waals surface area contributed by atoms with Gasteiger partial charge in [-0.15, -0.1) is 0 Å². The van der Waals surface area contributed by atoms with Gasteiger partial charge in [0.2, 0.25) is 0 Å². The molecule has 2 atom stereocenters. The lowest BCUT2D eigenvalue weighted by Crippen LogP contribution is -2.43. The van der Waals surface area contributed by atoms with Crippen molar-refractivity contribution in [1.82, 2.24) is 10.2 Å². The smallest absolute Gasteiger partial charge is 0.0166 e. The molecule has 2 heterocycles. The molecule has 0 radical (unpaired) electrons. The molecule has 2 fully saturated rings. The van der Waals surface area contributed by atoms with Gasteiger partial charge < -0.3 is 5.32 Å². The maximum absolute atomic E-state index is 3.69. The van der Waals surface area contributed by atoms with Gasteiger partial charge in [-0.05, 0) is 38.5 Å². The second-order valence-electron chi connectivity index (χ2n) is 4.90. The predicted octanol–water partition coefficient (Wildman–Crippen LogP) is 1.96. The summed E-state index contributed by atoms with van der Waals surface area (Å²) in [6.45, 7) is 6.14. The van der Waals surface area contributed by atoms with Gasteiger partial charge in [0.05, 0.1) is 0 Å². The SMILES string of the molecule is CC1CCCCN1CCNC1CCSC1. The Morgan fingerprint density at radius 3 is 3.00 bits per heavy atom. The molecule has 0 spiro atoms. The highest BCUT2D eigenvalue weighted by Gasteiger charge is 2.18. The molecule has 2 aliphatic heterocycles. The van der Waals surface area contributed by atoms with E-state index in [-0.39, 0.29) is 0 Å². The quantitative estimate of drug-likeness (QED) is 0.792. The number of likely N-dealkylation sites (tertiary alicyclic amines) is 1. The van der Waals surface area contributed by atoms with Crippen LogP contribution < -0.4 is 5.32 Å². The van der Waals surface area contributed by atoms with Crippen molar-refractivity contribution in [2.45, 2.75) is 44.7 Å². The second kappa shape index (κ2) is 6.12. The van der Waals surface area contributed by atoms with Gasteiger partial charge in [0, 0.05) is 30.9 Å². The molecule has 0 aromatic carbocycles. The van der Waals surface area contributed by atoms with E-state index in [0.29, 0.717) is 0 Å². The molecular formula is C12H24N2S. The third-order valence-corrected chi connectivity index (χ3v) is 4.86. The Morgan fingerprint density at radius 2 is 2.27 bits per heavy atom. The fourth-order valence-electron chi connectivity index (χ4n) is 2.60. The van der Waals surface area contributed by atoms with Crippen LogP contribution in [-0.2, 0) is 0 Å². The van der Waals surface area contributed by atoms with E-state index in [0.717, 1.165) is 12.1 Å². The van der Waals surface area contributed by atoms with Gasteiger partial charge in [-0.1, -0.05) is 6.42 Å². The van der Waals surface area contributed by atoms with E-state index in [1.165, 1.54) is 56.8 Å². The monoisotopic (exact) mass is 228 g/mol. The van der Waals surface area contributed by atoms with Crippen molar-refractivity contribution < 1.29 is 0 Å². The zero-order valence-corrected chi connectivity index (χ0v) is 10.7. The summed E-state index contributed by atoms with van der Waals surface area (Å²) in [4.78, 5) is 2.65. The summed E-state index contributed by atoms with van der Waals surface area (Å²) < 4.78 is 0. The Morgan fingerprint density at radius 1 is 1.33 bits per heavy atom. The molecule has 1 N–H and O–H groups in total. The number of nitrogens with zero attached hydrogens (tertiary/aromatic N) is 1. The van der Waals surface area contributed by atoms with Gasteiger partial charge >= 0.3 is 0 Å². The van der Waals surface area contributed by atoms with Crippen molar-refractivity contribution in [2.75, 3.05) is 31.1 Å². The molecule has 0 bridgehead atoms. The minimum absolute atomic E-state index is 0.801. The number of hydrogen-bond donors (Lipinski definition) is 1. The Kier molecular flexibility index (Phi) is 4.79. The maximum Gasteiger partial charge on any atom is 0.0166 e. The van der Waals surface area contributed by atoms with Crippen LogP contribution in [-0.4, -0.2) is 48.1 Å². The summed E-state index contributed by atoms with van der Waals surface area (Å²) >= 11 is 2.09. The molecule has 0 aliphatic carbocycles. The highest BCUT2D eigenvalue weighted by atomic mass is 32.2. The molecule has 2 saturated heterocycles. The van der Waals surface area contributed by atoms with Crippen molar-refractivity contribution in [3.8, 4) is 0 Å². The highest BCUT2D eigenvalue weighted by molar-refractivity contribution is 7.99. The first-order valence-corrected chi connectivity index (χ1v) is 7.57. The first-order chi connectivity index (χ1) is 7.36. The zero-order valence-electron chi connectivity index (χ0n) is 9.87. The first-order valence-electron chi connectivity index (χ1n) is 6.41. The molecule has 88 valence electrons. The summed E-state index contributed by atoms with van der Waals surface area (Å²) in [7, 11) is 0. The molecule has 2 aliphatic rings. The summed E-state index contributed by atoms with van der Waals surface area (Å²) in [6.07, 6.45) is 5.62. The standard InChI is InChI=1S/C12H24N2S/c1-11-4-2-3-7-14(11)8-6-13-12-5-9-15-10-12/h11-13H,2-10H2,1H3. The van der Waals surface area contributed by atoms with Gasteiger partial charge in [-0.2, -0.15) is 11.8 Å². The van der Waals surface area contributed by atoms with Gasteiger partial charge in [0.25, 0.3) is 0 Å². The number of thioether (sulfide) groups is 1. The summed E-state index contributed by atoms with van der Waals surface area (Å²) in [5.74, 6) is 2.69. The third-order valence-electron chi connectivity index (χ3n) is 3.70. The van der Waals surface area contributed by atoms with Crippen LogP contribution in [0, 0.1) is 0 Å². The lowest BCUT2D eigenvalue weighted by atomic mass is 10.0. The molecule has 0 amide bonds. The Labute approximate surface area is 98.2 Å². The van der Waals surface area contributed by atoms with Gasteiger partial charge in [0.15, 0.2) is 0 Å². The number of hydrogen-bond acceptors (Lipinski definition) is 3. The van der Waals surface area contributed by atoms with E-state index < -0.39 is 0 Å². The molecule has 0 aromatic heterocycles. The van der Waals surface area contributed by atoms with E-state index in [1.54, 1.807) is 0 Å². The largest absolute Gasteiger partial charge is 0.312 e. The predicted molar refractivity (Wildman–Crippen MR) is 68.6 cm³/mol. The van der Waals surface area contributed by atoms with Crippen molar-refractivity contribution in [2.24, 2.45) is 0 Å². The number of nitrogens with one attached hydrogen (secondary N) is 1. The molecule has 0 saturated carbocycles. The fraction of sp³-hybridized carbons (Fsp3) is 1.00. The second-order valence-corrected chi connectivity index (χ2v) is 6.05. The average Bonchev–Trinajstić information content (AvgIpc) is 2.74. The molecular weight excluding hydrogens is 204 g/mol. The van der Waals surface area contributed by atoms with Crippen LogP contribution in [0.1, 0.15) is 32.6 Å². The Balaban J connectivity index is 1.59. The topological polar surface area (TPSA) is 15.3 Å². The maximum atomic E-state index is 3.69. The lowest BCUT2D eigenvalue weighted by Gasteiger charge is -2.33. The lowest BCUT2D eigenvalue weighted by molar-refractivity contribution is 0.160. The minimum Gasteiger partial charge on any atom is -0.312 e.